The summed E-state index contributed by atoms with van der Waals surface area (Å²) in [5.74, 6) is -0.158. The number of hydrogen-bond donors (Lipinski definition) is 0. The largest absolute Gasteiger partial charge is 0.868 e. The van der Waals surface area contributed by atoms with Gasteiger partial charge in [0.1, 0.15) is 5.52 Å². The Morgan fingerprint density at radius 2 is 2.10 bits per heavy atom. The predicted octanol–water partition coefficient (Wildman–Crippen LogP) is 1.26. The second kappa shape index (κ2) is 5.85. The number of carbonyl (C=O) groups is 1. The maximum Gasteiger partial charge on any atom is 0.291 e. The standard InChI is InChI=1S/C15H16ClN3O2/c16-11-4-5-13-12(8-11)14(20)9-19(17-13)10-15(21)18-6-2-1-3-7-18/h4-5,8-9H,1-3,6-7,10H2. The van der Waals surface area contributed by atoms with Gasteiger partial charge in [-0.2, -0.15) is 0 Å². The van der Waals surface area contributed by atoms with Gasteiger partial charge in [-0.1, -0.05) is 16.3 Å². The predicted molar refractivity (Wildman–Crippen MR) is 76.8 cm³/mol. The van der Waals surface area contributed by atoms with Crippen molar-refractivity contribution in [2.75, 3.05) is 13.1 Å². The van der Waals surface area contributed by atoms with Crippen LogP contribution in [0, 0.1) is 0 Å². The fourth-order valence-electron chi connectivity index (χ4n) is 2.63. The van der Waals surface area contributed by atoms with E-state index in [-0.39, 0.29) is 18.2 Å². The second-order valence-electron chi connectivity index (χ2n) is 5.29. The van der Waals surface area contributed by atoms with Crippen LogP contribution in [0.4, 0.5) is 0 Å². The second-order valence-corrected chi connectivity index (χ2v) is 5.73. The molecule has 0 bridgehead atoms. The molecule has 21 heavy (non-hydrogen) atoms. The summed E-state index contributed by atoms with van der Waals surface area (Å²) in [6, 6.07) is 4.98. The third-order valence-corrected chi connectivity index (χ3v) is 3.97. The highest BCUT2D eigenvalue weighted by atomic mass is 35.5. The van der Waals surface area contributed by atoms with Gasteiger partial charge in [-0.25, -0.2) is 0 Å². The van der Waals surface area contributed by atoms with E-state index < -0.39 is 0 Å². The van der Waals surface area contributed by atoms with Crippen molar-refractivity contribution in [1.29, 1.82) is 0 Å². The summed E-state index contributed by atoms with van der Waals surface area (Å²) in [5.41, 5.74) is 0.554. The molecule has 0 spiro atoms. The van der Waals surface area contributed by atoms with Gasteiger partial charge in [-0.05, 0) is 43.2 Å². The molecule has 1 fully saturated rings. The maximum atomic E-state index is 12.2. The van der Waals surface area contributed by atoms with E-state index in [1.54, 1.807) is 18.2 Å². The van der Waals surface area contributed by atoms with Gasteiger partial charge >= 0.3 is 0 Å². The van der Waals surface area contributed by atoms with E-state index in [4.69, 9.17) is 11.6 Å². The van der Waals surface area contributed by atoms with Crippen LogP contribution in [0.5, 0.6) is 5.75 Å². The minimum Gasteiger partial charge on any atom is -0.868 e. The Morgan fingerprint density at radius 1 is 1.33 bits per heavy atom. The molecule has 0 atom stereocenters. The highest BCUT2D eigenvalue weighted by molar-refractivity contribution is 6.31. The van der Waals surface area contributed by atoms with Gasteiger partial charge in [-0.3, -0.25) is 4.79 Å². The molecule has 3 rings (SSSR count). The molecule has 1 aromatic carbocycles. The molecule has 1 saturated heterocycles. The monoisotopic (exact) mass is 305 g/mol. The molecule has 1 aliphatic rings. The highest BCUT2D eigenvalue weighted by Crippen LogP contribution is 2.22. The molecule has 0 aliphatic carbocycles. The van der Waals surface area contributed by atoms with E-state index in [0.717, 1.165) is 25.9 Å². The molecular formula is C15H16ClN3O2. The Bertz CT molecular complexity index is 684. The Balaban J connectivity index is 1.84. The molecule has 1 amide bonds. The van der Waals surface area contributed by atoms with Gasteiger partial charge in [0, 0.05) is 28.6 Å². The Kier molecular flexibility index (Phi) is 3.92. The number of nitrogens with zero attached hydrogens (tertiary/aromatic N) is 3. The lowest BCUT2D eigenvalue weighted by molar-refractivity contribution is -0.742. The Morgan fingerprint density at radius 3 is 2.86 bits per heavy atom. The summed E-state index contributed by atoms with van der Waals surface area (Å²) in [5, 5.41) is 17.4. The quantitative estimate of drug-likeness (QED) is 0.785. The third kappa shape index (κ3) is 3.08. The molecule has 110 valence electrons. The topological polar surface area (TPSA) is 60.1 Å². The number of benzene rings is 1. The summed E-state index contributed by atoms with van der Waals surface area (Å²) in [6.45, 7) is 1.70. The van der Waals surface area contributed by atoms with Crippen LogP contribution >= 0.6 is 11.6 Å². The van der Waals surface area contributed by atoms with Crippen molar-refractivity contribution in [1.82, 2.24) is 10.00 Å². The Hall–Kier alpha value is -1.88. The van der Waals surface area contributed by atoms with Crippen molar-refractivity contribution in [2.24, 2.45) is 0 Å². The third-order valence-electron chi connectivity index (χ3n) is 3.73. The molecule has 2 heterocycles. The molecule has 2 aromatic rings. The molecule has 0 unspecified atom stereocenters. The van der Waals surface area contributed by atoms with Crippen molar-refractivity contribution in [3.8, 4) is 5.75 Å². The summed E-state index contributed by atoms with van der Waals surface area (Å²) < 4.78 is 1.43. The number of fused-ring (bicyclic) bond motifs is 1. The number of likely N-dealkylation sites (tertiary alicyclic amines) is 1. The zero-order valence-electron chi connectivity index (χ0n) is 11.6. The van der Waals surface area contributed by atoms with Crippen LogP contribution in [0.2, 0.25) is 5.02 Å². The first kappa shape index (κ1) is 14.1. The molecule has 0 saturated carbocycles. The number of amides is 1. The van der Waals surface area contributed by atoms with Gasteiger partial charge in [0.05, 0.1) is 0 Å². The van der Waals surface area contributed by atoms with Gasteiger partial charge in [0.15, 0.2) is 6.20 Å². The van der Waals surface area contributed by atoms with Crippen LogP contribution in [0.1, 0.15) is 19.3 Å². The van der Waals surface area contributed by atoms with Crippen molar-refractivity contribution in [2.45, 2.75) is 25.8 Å². The SMILES string of the molecule is O=C(C[n+]1cc([O-])c2cc(Cl)ccc2n1)N1CCCCC1. The molecule has 1 aliphatic heterocycles. The molecule has 6 heteroatoms. The average Bonchev–Trinajstić information content (AvgIpc) is 2.49. The number of aromatic nitrogens is 2. The minimum atomic E-state index is -0.172. The molecular weight excluding hydrogens is 290 g/mol. The first-order valence-corrected chi connectivity index (χ1v) is 7.46. The Labute approximate surface area is 127 Å². The van der Waals surface area contributed by atoms with Gasteiger partial charge in [0.25, 0.3) is 12.5 Å². The number of hydrogen-bond acceptors (Lipinski definition) is 3. The molecule has 0 radical (unpaired) electrons. The zero-order chi connectivity index (χ0) is 14.8. The lowest BCUT2D eigenvalue weighted by Gasteiger charge is -2.25. The number of rotatable bonds is 2. The van der Waals surface area contributed by atoms with Crippen molar-refractivity contribution in [3.63, 3.8) is 0 Å². The molecule has 1 aromatic heterocycles. The molecule has 5 nitrogen and oxygen atoms in total. The lowest BCUT2D eigenvalue weighted by atomic mass is 10.1. The summed E-state index contributed by atoms with van der Waals surface area (Å²) in [6.07, 6.45) is 4.64. The van der Waals surface area contributed by atoms with Gasteiger partial charge < -0.3 is 10.0 Å². The van der Waals surface area contributed by atoms with E-state index in [2.05, 4.69) is 5.10 Å². The van der Waals surface area contributed by atoms with Crippen LogP contribution < -0.4 is 9.79 Å². The van der Waals surface area contributed by atoms with Crippen molar-refractivity contribution < 1.29 is 14.6 Å². The van der Waals surface area contributed by atoms with Crippen LogP contribution in [-0.4, -0.2) is 29.0 Å². The van der Waals surface area contributed by atoms with Gasteiger partial charge in [0.2, 0.25) is 0 Å². The van der Waals surface area contributed by atoms with E-state index >= 15 is 0 Å². The summed E-state index contributed by atoms with van der Waals surface area (Å²) in [7, 11) is 0. The summed E-state index contributed by atoms with van der Waals surface area (Å²) in [4.78, 5) is 14.1. The van der Waals surface area contributed by atoms with E-state index in [0.29, 0.717) is 15.9 Å². The van der Waals surface area contributed by atoms with E-state index in [1.165, 1.54) is 17.3 Å². The molecule has 0 N–H and O–H groups in total. The average molecular weight is 306 g/mol. The number of halogens is 1. The van der Waals surface area contributed by atoms with Crippen molar-refractivity contribution >= 4 is 28.4 Å². The lowest BCUT2D eigenvalue weighted by Crippen LogP contribution is -2.48. The fourth-order valence-corrected chi connectivity index (χ4v) is 2.80. The normalized spacial score (nSPS) is 15.4. The first-order chi connectivity index (χ1) is 10.1. The summed E-state index contributed by atoms with van der Waals surface area (Å²) >= 11 is 5.88. The zero-order valence-corrected chi connectivity index (χ0v) is 12.3. The van der Waals surface area contributed by atoms with E-state index in [9.17, 15) is 9.90 Å². The van der Waals surface area contributed by atoms with Crippen LogP contribution in [0.15, 0.2) is 24.4 Å². The van der Waals surface area contributed by atoms with E-state index in [1.807, 2.05) is 4.90 Å². The van der Waals surface area contributed by atoms with Crippen LogP contribution in [0.3, 0.4) is 0 Å². The maximum absolute atomic E-state index is 12.2. The van der Waals surface area contributed by atoms with Crippen molar-refractivity contribution in [3.05, 3.63) is 29.4 Å². The first-order valence-electron chi connectivity index (χ1n) is 7.08. The highest BCUT2D eigenvalue weighted by Gasteiger charge is 2.21. The smallest absolute Gasteiger partial charge is 0.291 e. The fraction of sp³-hybridized carbons (Fsp3) is 0.400. The minimum absolute atomic E-state index is 0.0138. The van der Waals surface area contributed by atoms with Gasteiger partial charge in [-0.15, -0.1) is 0 Å². The van der Waals surface area contributed by atoms with Crippen LogP contribution in [0.25, 0.3) is 10.9 Å². The van der Waals surface area contributed by atoms with Crippen LogP contribution in [-0.2, 0) is 11.3 Å². The number of piperidine rings is 1. The number of carbonyl (C=O) groups excluding carboxylic acids is 1.